The summed E-state index contributed by atoms with van der Waals surface area (Å²) in [5.41, 5.74) is 1.11. The highest BCUT2D eigenvalue weighted by molar-refractivity contribution is 8.15. The molecule has 1 saturated heterocycles. The quantitative estimate of drug-likeness (QED) is 0.899. The van der Waals surface area contributed by atoms with Crippen molar-refractivity contribution in [2.75, 3.05) is 0 Å². The number of thioether (sulfide) groups is 1. The van der Waals surface area contributed by atoms with E-state index in [9.17, 15) is 9.59 Å². The fourth-order valence-electron chi connectivity index (χ4n) is 2.20. The Balaban J connectivity index is 1.95. The zero-order chi connectivity index (χ0) is 12.5. The maximum atomic E-state index is 11.6. The summed E-state index contributed by atoms with van der Waals surface area (Å²) in [7, 11) is 0. The smallest absolute Gasteiger partial charge is 0.286 e. The first-order valence-corrected chi connectivity index (χ1v) is 6.60. The van der Waals surface area contributed by atoms with Gasteiger partial charge in [-0.2, -0.15) is 0 Å². The van der Waals surface area contributed by atoms with Crippen LogP contribution in [0.2, 0.25) is 0 Å². The molecule has 1 aliphatic rings. The lowest BCUT2D eigenvalue weighted by Gasteiger charge is -2.08. The summed E-state index contributed by atoms with van der Waals surface area (Å²) in [5.74, 6) is -0.182. The van der Waals surface area contributed by atoms with Crippen LogP contribution in [0.3, 0.4) is 0 Å². The normalized spacial score (nSPS) is 19.2. The third kappa shape index (κ3) is 1.99. The van der Waals surface area contributed by atoms with Crippen molar-refractivity contribution in [3.8, 4) is 0 Å². The van der Waals surface area contributed by atoms with Crippen LogP contribution in [0.25, 0.3) is 10.8 Å². The lowest BCUT2D eigenvalue weighted by molar-refractivity contribution is -0.118. The molecule has 4 heteroatoms. The molecule has 1 unspecified atom stereocenters. The van der Waals surface area contributed by atoms with E-state index >= 15 is 0 Å². The van der Waals surface area contributed by atoms with E-state index in [4.69, 9.17) is 0 Å². The second-order valence-electron chi connectivity index (χ2n) is 4.23. The summed E-state index contributed by atoms with van der Waals surface area (Å²) in [6.45, 7) is 0. The molecule has 1 heterocycles. The minimum absolute atomic E-state index is 0.182. The van der Waals surface area contributed by atoms with Gasteiger partial charge in [0.2, 0.25) is 5.91 Å². The molecule has 0 aliphatic carbocycles. The molecule has 0 bridgehead atoms. The number of hydrogen-bond acceptors (Lipinski definition) is 3. The van der Waals surface area contributed by atoms with Crippen molar-refractivity contribution in [3.05, 3.63) is 48.0 Å². The number of carbonyl (C=O) groups excluding carboxylic acids is 2. The van der Waals surface area contributed by atoms with Gasteiger partial charge in [0.1, 0.15) is 0 Å². The van der Waals surface area contributed by atoms with Gasteiger partial charge in [-0.3, -0.25) is 14.9 Å². The third-order valence-electron chi connectivity index (χ3n) is 3.05. The second-order valence-corrected chi connectivity index (χ2v) is 5.40. The number of imide groups is 1. The average Bonchev–Trinajstić information content (AvgIpc) is 2.68. The number of rotatable bonds is 2. The van der Waals surface area contributed by atoms with Crippen LogP contribution in [-0.2, 0) is 11.2 Å². The SMILES string of the molecule is O=C1NC(=O)C(Cc2cccc3ccccc23)S1. The molecule has 3 nitrogen and oxygen atoms in total. The van der Waals surface area contributed by atoms with Gasteiger partial charge >= 0.3 is 0 Å². The first-order chi connectivity index (χ1) is 8.74. The molecule has 90 valence electrons. The summed E-state index contributed by atoms with van der Waals surface area (Å²) in [6, 6.07) is 14.1. The Bertz CT molecular complexity index is 633. The van der Waals surface area contributed by atoms with E-state index < -0.39 is 0 Å². The molecule has 2 aromatic rings. The lowest BCUT2D eigenvalue weighted by atomic mass is 10.0. The van der Waals surface area contributed by atoms with E-state index in [-0.39, 0.29) is 16.4 Å². The molecule has 1 aliphatic heterocycles. The standard InChI is InChI=1S/C14H11NO2S/c16-13-12(18-14(17)15-13)8-10-6-3-5-9-4-1-2-7-11(9)10/h1-7,12H,8H2,(H,15,16,17). The van der Waals surface area contributed by atoms with Gasteiger partial charge in [-0.1, -0.05) is 54.2 Å². The van der Waals surface area contributed by atoms with E-state index in [0.717, 1.165) is 28.1 Å². The lowest BCUT2D eigenvalue weighted by Crippen LogP contribution is -2.25. The van der Waals surface area contributed by atoms with Gasteiger partial charge in [0.15, 0.2) is 0 Å². The van der Waals surface area contributed by atoms with E-state index in [0.29, 0.717) is 6.42 Å². The molecular weight excluding hydrogens is 246 g/mol. The fourth-order valence-corrected chi connectivity index (χ4v) is 3.04. The van der Waals surface area contributed by atoms with Crippen molar-refractivity contribution in [2.24, 2.45) is 0 Å². The Morgan fingerprint density at radius 3 is 2.61 bits per heavy atom. The van der Waals surface area contributed by atoms with Gasteiger partial charge in [0, 0.05) is 0 Å². The maximum absolute atomic E-state index is 11.6. The van der Waals surface area contributed by atoms with Crippen molar-refractivity contribution in [3.63, 3.8) is 0 Å². The predicted octanol–water partition coefficient (Wildman–Crippen LogP) is 2.73. The number of benzene rings is 2. The fraction of sp³-hybridized carbons (Fsp3) is 0.143. The van der Waals surface area contributed by atoms with Crippen LogP contribution in [0.15, 0.2) is 42.5 Å². The Hall–Kier alpha value is -1.81. The minimum Gasteiger partial charge on any atom is -0.286 e. The van der Waals surface area contributed by atoms with Crippen molar-refractivity contribution in [1.29, 1.82) is 0 Å². The van der Waals surface area contributed by atoms with E-state index in [1.807, 2.05) is 42.5 Å². The van der Waals surface area contributed by atoms with Crippen LogP contribution in [0.5, 0.6) is 0 Å². The molecule has 0 saturated carbocycles. The highest BCUT2D eigenvalue weighted by atomic mass is 32.2. The van der Waals surface area contributed by atoms with Crippen LogP contribution in [0.4, 0.5) is 4.79 Å². The van der Waals surface area contributed by atoms with Gasteiger partial charge in [-0.25, -0.2) is 0 Å². The van der Waals surface area contributed by atoms with Crippen molar-refractivity contribution in [2.45, 2.75) is 11.7 Å². The molecule has 1 N–H and O–H groups in total. The summed E-state index contributed by atoms with van der Waals surface area (Å²) in [4.78, 5) is 22.7. The molecule has 2 aromatic carbocycles. The third-order valence-corrected chi connectivity index (χ3v) is 4.03. The Morgan fingerprint density at radius 2 is 1.83 bits per heavy atom. The van der Waals surface area contributed by atoms with Crippen LogP contribution in [0, 0.1) is 0 Å². The van der Waals surface area contributed by atoms with E-state index in [1.54, 1.807) is 0 Å². The minimum atomic E-state index is -0.302. The van der Waals surface area contributed by atoms with Gasteiger partial charge < -0.3 is 0 Å². The monoisotopic (exact) mass is 257 g/mol. The van der Waals surface area contributed by atoms with Crippen LogP contribution >= 0.6 is 11.8 Å². The highest BCUT2D eigenvalue weighted by Gasteiger charge is 2.31. The largest absolute Gasteiger partial charge is 0.286 e. The summed E-state index contributed by atoms with van der Waals surface area (Å²) < 4.78 is 0. The Morgan fingerprint density at radius 1 is 1.06 bits per heavy atom. The molecule has 18 heavy (non-hydrogen) atoms. The Labute approximate surface area is 109 Å². The van der Waals surface area contributed by atoms with Gasteiger partial charge in [0.25, 0.3) is 5.24 Å². The number of hydrogen-bond donors (Lipinski definition) is 1. The molecule has 2 amide bonds. The zero-order valence-electron chi connectivity index (χ0n) is 9.55. The topological polar surface area (TPSA) is 46.2 Å². The molecule has 0 spiro atoms. The summed E-state index contributed by atoms with van der Waals surface area (Å²) in [6.07, 6.45) is 0.587. The number of amides is 2. The Kier molecular flexibility index (Phi) is 2.80. The molecular formula is C14H11NO2S. The van der Waals surface area contributed by atoms with Crippen molar-refractivity contribution < 1.29 is 9.59 Å². The molecule has 1 fully saturated rings. The second kappa shape index (κ2) is 4.46. The number of carbonyl (C=O) groups is 2. The molecule has 1 atom stereocenters. The van der Waals surface area contributed by atoms with Crippen LogP contribution in [-0.4, -0.2) is 16.4 Å². The van der Waals surface area contributed by atoms with Crippen molar-refractivity contribution >= 4 is 33.7 Å². The number of nitrogens with one attached hydrogen (secondary N) is 1. The van der Waals surface area contributed by atoms with Crippen molar-refractivity contribution in [1.82, 2.24) is 5.32 Å². The van der Waals surface area contributed by atoms with Gasteiger partial charge in [-0.05, 0) is 22.8 Å². The van der Waals surface area contributed by atoms with Crippen LogP contribution < -0.4 is 5.32 Å². The van der Waals surface area contributed by atoms with Gasteiger partial charge in [0.05, 0.1) is 5.25 Å². The highest BCUT2D eigenvalue weighted by Crippen LogP contribution is 2.26. The van der Waals surface area contributed by atoms with Crippen LogP contribution in [0.1, 0.15) is 5.56 Å². The number of fused-ring (bicyclic) bond motifs is 1. The molecule has 3 rings (SSSR count). The first kappa shape index (κ1) is 11.3. The van der Waals surface area contributed by atoms with E-state index in [1.165, 1.54) is 0 Å². The summed E-state index contributed by atoms with van der Waals surface area (Å²) in [5, 5.41) is 4.08. The summed E-state index contributed by atoms with van der Waals surface area (Å²) >= 11 is 1.08. The van der Waals surface area contributed by atoms with E-state index in [2.05, 4.69) is 5.32 Å². The maximum Gasteiger partial charge on any atom is 0.286 e. The average molecular weight is 257 g/mol. The molecule has 0 radical (unpaired) electrons. The van der Waals surface area contributed by atoms with Gasteiger partial charge in [-0.15, -0.1) is 0 Å². The first-order valence-electron chi connectivity index (χ1n) is 5.72. The predicted molar refractivity (Wildman–Crippen MR) is 72.6 cm³/mol. The molecule has 0 aromatic heterocycles. The zero-order valence-corrected chi connectivity index (χ0v) is 10.4.